The van der Waals surface area contributed by atoms with E-state index in [1.165, 1.54) is 43.4 Å². The topological polar surface area (TPSA) is 92.1 Å². The van der Waals surface area contributed by atoms with E-state index in [1.54, 1.807) is 6.07 Å². The largest absolute Gasteiger partial charge is 0.478 e. The molecular weight excluding hydrogens is 361 g/mol. The van der Waals surface area contributed by atoms with Crippen molar-refractivity contribution in [3.8, 4) is 0 Å². The second-order valence-electron chi connectivity index (χ2n) is 7.09. The average molecular weight is 383 g/mol. The van der Waals surface area contributed by atoms with Gasteiger partial charge < -0.3 is 15.7 Å². The van der Waals surface area contributed by atoms with Gasteiger partial charge in [0, 0.05) is 18.1 Å². The number of carboxylic acid groups (broad SMARTS) is 1. The van der Waals surface area contributed by atoms with Gasteiger partial charge in [0.1, 0.15) is 5.82 Å². The second kappa shape index (κ2) is 7.93. The van der Waals surface area contributed by atoms with Gasteiger partial charge in [-0.25, -0.2) is 9.18 Å². The maximum atomic E-state index is 13.9. The minimum Gasteiger partial charge on any atom is -0.478 e. The van der Waals surface area contributed by atoms with Crippen LogP contribution >= 0.6 is 0 Å². The van der Waals surface area contributed by atoms with E-state index >= 15 is 0 Å². The minimum absolute atomic E-state index is 0.0855. The number of benzene rings is 1. The molecule has 2 aromatic heterocycles. The molecule has 4 rings (SSSR count). The van der Waals surface area contributed by atoms with E-state index in [1.807, 2.05) is 4.68 Å². The number of hydrogen-bond acceptors (Lipinski definition) is 5. The summed E-state index contributed by atoms with van der Waals surface area (Å²) in [5, 5.41) is 21.0. The van der Waals surface area contributed by atoms with Crippen molar-refractivity contribution in [2.75, 3.05) is 18.4 Å². The number of rotatable bonds is 6. The molecule has 1 unspecified atom stereocenters. The zero-order chi connectivity index (χ0) is 19.5. The average Bonchev–Trinajstić information content (AvgIpc) is 3.04. The minimum atomic E-state index is -1.07. The predicted molar refractivity (Wildman–Crippen MR) is 104 cm³/mol. The number of carbonyl (C=O) groups is 1. The number of anilines is 2. The fourth-order valence-corrected chi connectivity index (χ4v) is 3.70. The molecule has 1 atom stereocenters. The lowest BCUT2D eigenvalue weighted by Crippen LogP contribution is -2.30. The molecule has 0 amide bonds. The number of nitrogens with one attached hydrogen (secondary N) is 2. The Balaban J connectivity index is 1.64. The van der Waals surface area contributed by atoms with Crippen LogP contribution in [0.1, 0.15) is 29.6 Å². The number of aryl methyl sites for hydroxylation is 1. The summed E-state index contributed by atoms with van der Waals surface area (Å²) in [6.45, 7) is 2.80. The normalized spacial score (nSPS) is 17.0. The molecule has 0 radical (unpaired) electrons. The van der Waals surface area contributed by atoms with E-state index in [-0.39, 0.29) is 11.4 Å². The van der Waals surface area contributed by atoms with Crippen LogP contribution in [0.3, 0.4) is 0 Å². The molecule has 1 aromatic carbocycles. The Morgan fingerprint density at radius 2 is 2.29 bits per heavy atom. The fraction of sp³-hybridized carbons (Fsp3) is 0.350. The van der Waals surface area contributed by atoms with Gasteiger partial charge in [0.2, 0.25) is 0 Å². The molecular formula is C20H22FN5O2. The summed E-state index contributed by atoms with van der Waals surface area (Å²) >= 11 is 0. The number of pyridine rings is 1. The summed E-state index contributed by atoms with van der Waals surface area (Å²) in [5.41, 5.74) is 1.22. The maximum Gasteiger partial charge on any atom is 0.337 e. The molecule has 1 fully saturated rings. The lowest BCUT2D eigenvalue weighted by Gasteiger charge is -2.22. The molecule has 28 heavy (non-hydrogen) atoms. The number of aromatic carboxylic acids is 1. The van der Waals surface area contributed by atoms with E-state index in [4.69, 9.17) is 0 Å². The molecule has 3 aromatic rings. The SMILES string of the molecule is O=C(O)c1ccncc1Nc1nn(CCC2CCCNC2)c2ccc(F)cc12. The lowest BCUT2D eigenvalue weighted by atomic mass is 9.96. The van der Waals surface area contributed by atoms with Gasteiger partial charge in [-0.2, -0.15) is 5.10 Å². The molecule has 0 saturated carbocycles. The van der Waals surface area contributed by atoms with Crippen LogP contribution in [0.25, 0.3) is 10.9 Å². The van der Waals surface area contributed by atoms with Crippen LogP contribution in [0.2, 0.25) is 0 Å². The Hall–Kier alpha value is -3.00. The van der Waals surface area contributed by atoms with Gasteiger partial charge in [-0.3, -0.25) is 9.67 Å². The van der Waals surface area contributed by atoms with Crippen LogP contribution in [0.15, 0.2) is 36.7 Å². The van der Waals surface area contributed by atoms with Crippen LogP contribution in [0, 0.1) is 11.7 Å². The van der Waals surface area contributed by atoms with Crippen molar-refractivity contribution in [2.45, 2.75) is 25.8 Å². The van der Waals surface area contributed by atoms with Crippen molar-refractivity contribution in [2.24, 2.45) is 5.92 Å². The number of carboxylic acids is 1. The number of piperidine rings is 1. The smallest absolute Gasteiger partial charge is 0.337 e. The highest BCUT2D eigenvalue weighted by atomic mass is 19.1. The summed E-state index contributed by atoms with van der Waals surface area (Å²) in [7, 11) is 0. The van der Waals surface area contributed by atoms with Crippen molar-refractivity contribution in [1.29, 1.82) is 0 Å². The second-order valence-corrected chi connectivity index (χ2v) is 7.09. The van der Waals surface area contributed by atoms with Gasteiger partial charge in [-0.05, 0) is 62.5 Å². The van der Waals surface area contributed by atoms with Gasteiger partial charge in [0.25, 0.3) is 0 Å². The number of nitrogens with zero attached hydrogens (tertiary/aromatic N) is 3. The maximum absolute atomic E-state index is 13.9. The van der Waals surface area contributed by atoms with Crippen molar-refractivity contribution < 1.29 is 14.3 Å². The van der Waals surface area contributed by atoms with Crippen LogP contribution in [-0.2, 0) is 6.54 Å². The summed E-state index contributed by atoms with van der Waals surface area (Å²) in [6.07, 6.45) is 6.21. The van der Waals surface area contributed by atoms with Gasteiger partial charge in [-0.15, -0.1) is 0 Å². The molecule has 7 nitrogen and oxygen atoms in total. The number of fused-ring (bicyclic) bond motifs is 1. The first-order chi connectivity index (χ1) is 13.6. The summed E-state index contributed by atoms with van der Waals surface area (Å²) in [5.74, 6) is -0.408. The Bertz CT molecular complexity index is 997. The first kappa shape index (κ1) is 18.4. The number of aromatic nitrogens is 3. The summed E-state index contributed by atoms with van der Waals surface area (Å²) < 4.78 is 15.7. The van der Waals surface area contributed by atoms with E-state index in [0.717, 1.165) is 31.6 Å². The third-order valence-corrected chi connectivity index (χ3v) is 5.17. The zero-order valence-electron chi connectivity index (χ0n) is 15.4. The molecule has 0 bridgehead atoms. The first-order valence-corrected chi connectivity index (χ1v) is 9.43. The van der Waals surface area contributed by atoms with E-state index in [0.29, 0.717) is 22.8 Å². The summed E-state index contributed by atoms with van der Waals surface area (Å²) in [6, 6.07) is 5.96. The van der Waals surface area contributed by atoms with Crippen molar-refractivity contribution in [3.05, 3.63) is 48.0 Å². The van der Waals surface area contributed by atoms with Crippen molar-refractivity contribution in [1.82, 2.24) is 20.1 Å². The van der Waals surface area contributed by atoms with Gasteiger partial charge in [0.05, 0.1) is 23.0 Å². The van der Waals surface area contributed by atoms with Crippen LogP contribution in [0.4, 0.5) is 15.9 Å². The highest BCUT2D eigenvalue weighted by Crippen LogP contribution is 2.29. The van der Waals surface area contributed by atoms with Crippen molar-refractivity contribution in [3.63, 3.8) is 0 Å². The third kappa shape index (κ3) is 3.82. The molecule has 3 heterocycles. The predicted octanol–water partition coefficient (Wildman–Crippen LogP) is 3.40. The molecule has 1 aliphatic rings. The van der Waals surface area contributed by atoms with Crippen LogP contribution in [-0.4, -0.2) is 38.9 Å². The highest BCUT2D eigenvalue weighted by Gasteiger charge is 2.17. The van der Waals surface area contributed by atoms with Crippen LogP contribution < -0.4 is 10.6 Å². The lowest BCUT2D eigenvalue weighted by molar-refractivity contribution is 0.0698. The first-order valence-electron chi connectivity index (χ1n) is 9.43. The van der Waals surface area contributed by atoms with Crippen LogP contribution in [0.5, 0.6) is 0 Å². The molecule has 146 valence electrons. The Kier molecular flexibility index (Phi) is 5.21. The monoisotopic (exact) mass is 383 g/mol. The summed E-state index contributed by atoms with van der Waals surface area (Å²) in [4.78, 5) is 15.4. The zero-order valence-corrected chi connectivity index (χ0v) is 15.4. The molecule has 1 aliphatic heterocycles. The molecule has 1 saturated heterocycles. The van der Waals surface area contributed by atoms with Crippen molar-refractivity contribution >= 4 is 28.4 Å². The van der Waals surface area contributed by atoms with Gasteiger partial charge in [0.15, 0.2) is 5.82 Å². The number of halogens is 1. The highest BCUT2D eigenvalue weighted by molar-refractivity contribution is 5.97. The Morgan fingerprint density at radius 3 is 3.07 bits per heavy atom. The Labute approximate surface area is 161 Å². The quantitative estimate of drug-likeness (QED) is 0.604. The standard InChI is InChI=1S/C20H22FN5O2/c21-14-3-4-18-16(10-14)19(24-17-12-23-8-5-15(17)20(27)28)25-26(18)9-6-13-2-1-7-22-11-13/h3-5,8,10,12-13,22H,1-2,6-7,9,11H2,(H,24,25)(H,27,28). The Morgan fingerprint density at radius 1 is 1.39 bits per heavy atom. The molecule has 0 aliphatic carbocycles. The number of hydrogen-bond donors (Lipinski definition) is 3. The van der Waals surface area contributed by atoms with E-state index in [9.17, 15) is 14.3 Å². The molecule has 8 heteroatoms. The van der Waals surface area contributed by atoms with Gasteiger partial charge in [-0.1, -0.05) is 0 Å². The van der Waals surface area contributed by atoms with E-state index in [2.05, 4.69) is 20.7 Å². The molecule has 0 spiro atoms. The van der Waals surface area contributed by atoms with Gasteiger partial charge >= 0.3 is 5.97 Å². The van der Waals surface area contributed by atoms with E-state index < -0.39 is 5.97 Å². The molecule has 3 N–H and O–H groups in total. The third-order valence-electron chi connectivity index (χ3n) is 5.17. The fourth-order valence-electron chi connectivity index (χ4n) is 3.70.